The van der Waals surface area contributed by atoms with E-state index < -0.39 is 0 Å². The van der Waals surface area contributed by atoms with Gasteiger partial charge in [-0.3, -0.25) is 5.21 Å². The van der Waals surface area contributed by atoms with Gasteiger partial charge >= 0.3 is 0 Å². The molecule has 0 fully saturated rings. The molecule has 1 aromatic heterocycles. The highest BCUT2D eigenvalue weighted by atomic mass is 32.1. The molecule has 0 unspecified atom stereocenters. The van der Waals surface area contributed by atoms with Crippen molar-refractivity contribution < 1.29 is 5.21 Å². The molecule has 1 heterocycles. The predicted molar refractivity (Wildman–Crippen MR) is 48.9 cm³/mol. The number of hydrogen-bond acceptors (Lipinski definition) is 4. The first-order chi connectivity index (χ1) is 5.79. The molecule has 0 atom stereocenters. The van der Waals surface area contributed by atoms with E-state index in [4.69, 9.17) is 0 Å². The third-order valence-corrected chi connectivity index (χ3v) is 3.17. The maximum Gasteiger partial charge on any atom is 0.168 e. The Balaban J connectivity index is 2.38. The fourth-order valence-corrected chi connectivity index (χ4v) is 2.59. The van der Waals surface area contributed by atoms with Crippen molar-refractivity contribution in [3.8, 4) is 0 Å². The predicted octanol–water partition coefficient (Wildman–Crippen LogP) is 1.85. The molecular formula is C8H12N2OS. The van der Waals surface area contributed by atoms with Gasteiger partial charge in [-0.2, -0.15) is 4.37 Å². The van der Waals surface area contributed by atoms with E-state index >= 15 is 0 Å². The summed E-state index contributed by atoms with van der Waals surface area (Å²) in [5.41, 5.74) is 1.26. The van der Waals surface area contributed by atoms with Crippen LogP contribution in [0.15, 0.2) is 0 Å². The van der Waals surface area contributed by atoms with Crippen LogP contribution < -0.4 is 5.06 Å². The minimum atomic E-state index is 0.759. The number of hydrogen-bond donors (Lipinski definition) is 1. The molecule has 66 valence electrons. The van der Waals surface area contributed by atoms with Crippen LogP contribution in [0.4, 0.5) is 5.82 Å². The monoisotopic (exact) mass is 184 g/mol. The number of nitrogens with zero attached hydrogens (tertiary/aromatic N) is 2. The van der Waals surface area contributed by atoms with E-state index in [0.29, 0.717) is 0 Å². The molecule has 0 bridgehead atoms. The van der Waals surface area contributed by atoms with Gasteiger partial charge in [0.15, 0.2) is 5.82 Å². The average Bonchev–Trinajstić information content (AvgIpc) is 2.47. The molecule has 0 saturated carbocycles. The highest BCUT2D eigenvalue weighted by molar-refractivity contribution is 7.06. The van der Waals surface area contributed by atoms with Gasteiger partial charge in [0.1, 0.15) is 0 Å². The lowest BCUT2D eigenvalue weighted by Gasteiger charge is -2.13. The van der Waals surface area contributed by atoms with Crippen molar-refractivity contribution in [2.75, 3.05) is 12.1 Å². The molecule has 4 heteroatoms. The largest absolute Gasteiger partial charge is 0.287 e. The summed E-state index contributed by atoms with van der Waals surface area (Å²) in [5, 5.41) is 10.4. The first-order valence-corrected chi connectivity index (χ1v) is 4.96. The van der Waals surface area contributed by atoms with Crippen LogP contribution in [-0.2, 0) is 12.8 Å². The normalized spacial score (nSPS) is 15.8. The molecule has 1 N–H and O–H groups in total. The first kappa shape index (κ1) is 8.01. The van der Waals surface area contributed by atoms with Gasteiger partial charge in [0.05, 0.1) is 0 Å². The Hall–Kier alpha value is -0.610. The molecule has 3 nitrogen and oxygen atoms in total. The second-order valence-electron chi connectivity index (χ2n) is 3.14. The molecule has 0 saturated heterocycles. The lowest BCUT2D eigenvalue weighted by atomic mass is 9.99. The summed E-state index contributed by atoms with van der Waals surface area (Å²) in [6, 6.07) is 0. The molecule has 1 aromatic rings. The SMILES string of the molecule is CN(O)c1nsc2c1CCCC2. The quantitative estimate of drug-likeness (QED) is 0.677. The molecule has 2 rings (SSSR count). The number of aryl methyl sites for hydroxylation is 1. The van der Waals surface area contributed by atoms with Crippen molar-refractivity contribution in [1.29, 1.82) is 0 Å². The molecule has 0 radical (unpaired) electrons. The van der Waals surface area contributed by atoms with Gasteiger partial charge in [0.25, 0.3) is 0 Å². The van der Waals surface area contributed by atoms with Crippen LogP contribution >= 0.6 is 11.5 Å². The summed E-state index contributed by atoms with van der Waals surface area (Å²) in [7, 11) is 1.63. The van der Waals surface area contributed by atoms with E-state index in [0.717, 1.165) is 23.7 Å². The van der Waals surface area contributed by atoms with Gasteiger partial charge in [-0.05, 0) is 37.2 Å². The Labute approximate surface area is 75.8 Å². The Morgan fingerprint density at radius 2 is 2.17 bits per heavy atom. The lowest BCUT2D eigenvalue weighted by molar-refractivity contribution is 0.276. The summed E-state index contributed by atoms with van der Waals surface area (Å²) in [6.07, 6.45) is 4.71. The van der Waals surface area contributed by atoms with Crippen LogP contribution in [0.3, 0.4) is 0 Å². The smallest absolute Gasteiger partial charge is 0.168 e. The molecule has 0 spiro atoms. The van der Waals surface area contributed by atoms with Crippen molar-refractivity contribution in [2.45, 2.75) is 25.7 Å². The minimum absolute atomic E-state index is 0.759. The van der Waals surface area contributed by atoms with Crippen molar-refractivity contribution in [2.24, 2.45) is 0 Å². The van der Waals surface area contributed by atoms with E-state index in [1.807, 2.05) is 0 Å². The third kappa shape index (κ3) is 1.21. The van der Waals surface area contributed by atoms with Crippen LogP contribution in [0, 0.1) is 0 Å². The Morgan fingerprint density at radius 3 is 2.92 bits per heavy atom. The van der Waals surface area contributed by atoms with E-state index in [-0.39, 0.29) is 0 Å². The summed E-state index contributed by atoms with van der Waals surface area (Å²) in [4.78, 5) is 1.36. The summed E-state index contributed by atoms with van der Waals surface area (Å²) < 4.78 is 4.21. The molecule has 12 heavy (non-hydrogen) atoms. The molecule has 1 aliphatic carbocycles. The van der Waals surface area contributed by atoms with Gasteiger partial charge in [-0.15, -0.1) is 0 Å². The zero-order valence-electron chi connectivity index (χ0n) is 7.08. The van der Waals surface area contributed by atoms with Crippen molar-refractivity contribution >= 4 is 17.4 Å². The van der Waals surface area contributed by atoms with Gasteiger partial charge < -0.3 is 0 Å². The Kier molecular flexibility index (Phi) is 2.02. The van der Waals surface area contributed by atoms with E-state index in [9.17, 15) is 5.21 Å². The molecule has 1 aliphatic rings. The van der Waals surface area contributed by atoms with Crippen LogP contribution in [-0.4, -0.2) is 16.6 Å². The third-order valence-electron chi connectivity index (χ3n) is 2.24. The fraction of sp³-hybridized carbons (Fsp3) is 0.625. The van der Waals surface area contributed by atoms with E-state index in [1.165, 1.54) is 34.8 Å². The summed E-state index contributed by atoms with van der Waals surface area (Å²) in [6.45, 7) is 0. The topological polar surface area (TPSA) is 36.4 Å². The average molecular weight is 184 g/mol. The summed E-state index contributed by atoms with van der Waals surface area (Å²) in [5.74, 6) is 0.759. The number of aromatic nitrogens is 1. The molecular weight excluding hydrogens is 172 g/mol. The standard InChI is InChI=1S/C8H12N2OS/c1-10(11)8-6-4-2-3-5-7(6)12-9-8/h11H,2-5H2,1H3. The summed E-state index contributed by atoms with van der Waals surface area (Å²) >= 11 is 1.53. The highest BCUT2D eigenvalue weighted by Gasteiger charge is 2.18. The van der Waals surface area contributed by atoms with Crippen molar-refractivity contribution in [1.82, 2.24) is 4.37 Å². The van der Waals surface area contributed by atoms with Crippen LogP contribution in [0.5, 0.6) is 0 Å². The Morgan fingerprint density at radius 1 is 1.42 bits per heavy atom. The maximum atomic E-state index is 9.25. The molecule has 0 amide bonds. The van der Waals surface area contributed by atoms with E-state index in [2.05, 4.69) is 4.37 Å². The zero-order valence-corrected chi connectivity index (χ0v) is 7.89. The number of rotatable bonds is 1. The Bertz CT molecular complexity index is 283. The number of hydroxylamine groups is 1. The highest BCUT2D eigenvalue weighted by Crippen LogP contribution is 2.31. The number of fused-ring (bicyclic) bond motifs is 1. The zero-order chi connectivity index (χ0) is 8.55. The van der Waals surface area contributed by atoms with Gasteiger partial charge in [0.2, 0.25) is 0 Å². The maximum absolute atomic E-state index is 9.25. The second kappa shape index (κ2) is 3.03. The van der Waals surface area contributed by atoms with Crippen molar-refractivity contribution in [3.05, 3.63) is 10.4 Å². The van der Waals surface area contributed by atoms with Crippen LogP contribution in [0.1, 0.15) is 23.3 Å². The molecule has 0 aromatic carbocycles. The number of anilines is 1. The van der Waals surface area contributed by atoms with Crippen molar-refractivity contribution in [3.63, 3.8) is 0 Å². The van der Waals surface area contributed by atoms with Gasteiger partial charge in [-0.1, -0.05) is 0 Å². The van der Waals surface area contributed by atoms with Crippen LogP contribution in [0.25, 0.3) is 0 Å². The second-order valence-corrected chi connectivity index (χ2v) is 4.00. The minimum Gasteiger partial charge on any atom is -0.287 e. The molecule has 0 aliphatic heterocycles. The van der Waals surface area contributed by atoms with Gasteiger partial charge in [0, 0.05) is 17.5 Å². The lowest BCUT2D eigenvalue weighted by Crippen LogP contribution is -2.13. The van der Waals surface area contributed by atoms with Gasteiger partial charge in [-0.25, -0.2) is 5.06 Å². The first-order valence-electron chi connectivity index (χ1n) is 4.19. The van der Waals surface area contributed by atoms with Crippen LogP contribution in [0.2, 0.25) is 0 Å². The fourth-order valence-electron chi connectivity index (χ4n) is 1.62. The van der Waals surface area contributed by atoms with E-state index in [1.54, 1.807) is 7.05 Å².